The Morgan fingerprint density at radius 2 is 1.86 bits per heavy atom. The topological polar surface area (TPSA) is 111 Å². The Morgan fingerprint density at radius 3 is 2.39 bits per heavy atom. The number of amides is 1. The van der Waals surface area contributed by atoms with Crippen molar-refractivity contribution in [1.82, 2.24) is 9.78 Å². The summed E-state index contributed by atoms with van der Waals surface area (Å²) in [7, 11) is -1.96. The van der Waals surface area contributed by atoms with E-state index in [-0.39, 0.29) is 0 Å². The van der Waals surface area contributed by atoms with Crippen LogP contribution in [0.1, 0.15) is 17.0 Å². The molecule has 0 spiro atoms. The maximum Gasteiger partial charge on any atom is 0.327 e. The molecule has 9 nitrogen and oxygen atoms in total. The van der Waals surface area contributed by atoms with Crippen LogP contribution in [0.5, 0.6) is 0 Å². The lowest BCUT2D eigenvalue weighted by atomic mass is 10.2. The monoisotopic (exact) mass is 408 g/mol. The van der Waals surface area contributed by atoms with E-state index in [1.807, 2.05) is 0 Å². The molecule has 0 saturated carbocycles. The van der Waals surface area contributed by atoms with Crippen LogP contribution < -0.4 is 9.62 Å². The molecule has 0 saturated heterocycles. The summed E-state index contributed by atoms with van der Waals surface area (Å²) in [6, 6.07) is 6.79. The van der Waals surface area contributed by atoms with Crippen LogP contribution in [0, 0.1) is 20.8 Å². The summed E-state index contributed by atoms with van der Waals surface area (Å²) in [6.45, 7) is 4.24. The first-order valence-corrected chi connectivity index (χ1v) is 10.3. The van der Waals surface area contributed by atoms with Crippen LogP contribution >= 0.6 is 0 Å². The number of aromatic nitrogens is 2. The smallest absolute Gasteiger partial charge is 0.327 e. The number of nitrogens with one attached hydrogen (secondary N) is 1. The molecule has 0 unspecified atom stereocenters. The third-order valence-electron chi connectivity index (χ3n) is 4.19. The van der Waals surface area contributed by atoms with E-state index in [9.17, 15) is 18.0 Å². The van der Waals surface area contributed by atoms with Crippen LogP contribution in [-0.4, -0.2) is 49.5 Å². The number of hydrogen-bond acceptors (Lipinski definition) is 6. The molecular formula is C18H24N4O5S. The van der Waals surface area contributed by atoms with Gasteiger partial charge >= 0.3 is 5.97 Å². The minimum absolute atomic E-state index is 0.382. The molecule has 1 amide bonds. The molecule has 0 aliphatic carbocycles. The largest absolute Gasteiger partial charge is 0.454 e. The predicted octanol–water partition coefficient (Wildman–Crippen LogP) is 1.29. The van der Waals surface area contributed by atoms with Crippen molar-refractivity contribution in [2.75, 3.05) is 29.0 Å². The minimum atomic E-state index is -3.71. The molecule has 0 radical (unpaired) electrons. The number of esters is 1. The molecule has 0 aliphatic heterocycles. The van der Waals surface area contributed by atoms with E-state index < -0.39 is 35.1 Å². The summed E-state index contributed by atoms with van der Waals surface area (Å²) in [4.78, 5) is 24.2. The van der Waals surface area contributed by atoms with Crippen molar-refractivity contribution in [3.05, 3.63) is 41.2 Å². The molecule has 1 N–H and O–H groups in total. The second kappa shape index (κ2) is 8.42. The number of nitrogens with zero attached hydrogens (tertiary/aromatic N) is 3. The van der Waals surface area contributed by atoms with Crippen molar-refractivity contribution in [3.8, 4) is 0 Å². The molecule has 0 bridgehead atoms. The van der Waals surface area contributed by atoms with Gasteiger partial charge in [0, 0.05) is 7.05 Å². The molecule has 1 heterocycles. The quantitative estimate of drug-likeness (QED) is 0.691. The van der Waals surface area contributed by atoms with Crippen molar-refractivity contribution < 1.29 is 22.7 Å². The lowest BCUT2D eigenvalue weighted by molar-refractivity contribution is -0.145. The van der Waals surface area contributed by atoms with Crippen LogP contribution in [0.3, 0.4) is 0 Å². The van der Waals surface area contributed by atoms with E-state index in [1.165, 1.54) is 0 Å². The summed E-state index contributed by atoms with van der Waals surface area (Å²) >= 11 is 0. The number of carbonyl (C=O) groups is 2. The number of carbonyl (C=O) groups excluding carboxylic acids is 2. The number of ether oxygens (including phenoxy) is 1. The molecule has 152 valence electrons. The van der Waals surface area contributed by atoms with Crippen LogP contribution in [0.25, 0.3) is 0 Å². The van der Waals surface area contributed by atoms with Gasteiger partial charge in [-0.1, -0.05) is 18.2 Å². The van der Waals surface area contributed by atoms with E-state index in [1.54, 1.807) is 56.8 Å². The van der Waals surface area contributed by atoms with E-state index in [4.69, 9.17) is 4.74 Å². The highest BCUT2D eigenvalue weighted by Crippen LogP contribution is 2.22. The minimum Gasteiger partial charge on any atom is -0.454 e. The number of benzene rings is 1. The fourth-order valence-electron chi connectivity index (χ4n) is 2.66. The van der Waals surface area contributed by atoms with E-state index in [0.29, 0.717) is 22.6 Å². The molecule has 10 heteroatoms. The Kier molecular flexibility index (Phi) is 6.45. The van der Waals surface area contributed by atoms with Gasteiger partial charge in [0.1, 0.15) is 6.54 Å². The van der Waals surface area contributed by atoms with E-state index in [2.05, 4.69) is 10.4 Å². The average Bonchev–Trinajstić information content (AvgIpc) is 2.84. The lowest BCUT2D eigenvalue weighted by Gasteiger charge is -2.23. The SMILES string of the molecule is Cc1ccccc1N(CC(=O)OCC(=O)Nc1c(C)nn(C)c1C)S(C)(=O)=O. The molecule has 2 aromatic rings. The molecule has 0 aliphatic rings. The van der Waals surface area contributed by atoms with Gasteiger partial charge in [-0.15, -0.1) is 0 Å². The molecule has 28 heavy (non-hydrogen) atoms. The van der Waals surface area contributed by atoms with Crippen molar-refractivity contribution in [2.24, 2.45) is 7.05 Å². The molecule has 0 fully saturated rings. The normalized spacial score (nSPS) is 11.2. The zero-order chi connectivity index (χ0) is 21.1. The number of hydrogen-bond donors (Lipinski definition) is 1. The van der Waals surface area contributed by atoms with Crippen molar-refractivity contribution in [2.45, 2.75) is 20.8 Å². The highest BCUT2D eigenvalue weighted by molar-refractivity contribution is 7.92. The zero-order valence-corrected chi connectivity index (χ0v) is 17.3. The fraction of sp³-hybridized carbons (Fsp3) is 0.389. The zero-order valence-electron chi connectivity index (χ0n) is 16.5. The van der Waals surface area contributed by atoms with Crippen molar-refractivity contribution in [3.63, 3.8) is 0 Å². The Morgan fingerprint density at radius 1 is 1.21 bits per heavy atom. The van der Waals surface area contributed by atoms with Gasteiger partial charge in [-0.3, -0.25) is 18.6 Å². The van der Waals surface area contributed by atoms with E-state index in [0.717, 1.165) is 16.3 Å². The lowest BCUT2D eigenvalue weighted by Crippen LogP contribution is -2.37. The van der Waals surface area contributed by atoms with Gasteiger partial charge in [-0.2, -0.15) is 5.10 Å². The number of sulfonamides is 1. The number of anilines is 2. The Balaban J connectivity index is 2.01. The molecule has 0 atom stereocenters. The summed E-state index contributed by atoms with van der Waals surface area (Å²) in [5, 5.41) is 6.84. The van der Waals surface area contributed by atoms with Gasteiger partial charge in [0.2, 0.25) is 10.0 Å². The van der Waals surface area contributed by atoms with Crippen LogP contribution in [0.15, 0.2) is 24.3 Å². The summed E-state index contributed by atoms with van der Waals surface area (Å²) in [5.74, 6) is -1.36. The highest BCUT2D eigenvalue weighted by atomic mass is 32.2. The number of aryl methyl sites for hydroxylation is 3. The van der Waals surface area contributed by atoms with Gasteiger partial charge in [-0.25, -0.2) is 8.42 Å². The number of rotatable bonds is 7. The van der Waals surface area contributed by atoms with Gasteiger partial charge < -0.3 is 10.1 Å². The van der Waals surface area contributed by atoms with Gasteiger partial charge in [-0.05, 0) is 32.4 Å². The fourth-order valence-corrected chi connectivity index (χ4v) is 3.57. The van der Waals surface area contributed by atoms with Gasteiger partial charge in [0.15, 0.2) is 6.61 Å². The number of para-hydroxylation sites is 1. The second-order valence-electron chi connectivity index (χ2n) is 6.43. The first kappa shape index (κ1) is 21.4. The summed E-state index contributed by atoms with van der Waals surface area (Å²) in [6.07, 6.45) is 1.01. The van der Waals surface area contributed by atoms with Gasteiger partial charge in [0.25, 0.3) is 5.91 Å². The maximum absolute atomic E-state index is 12.2. The first-order valence-electron chi connectivity index (χ1n) is 8.49. The summed E-state index contributed by atoms with van der Waals surface area (Å²) < 4.78 is 31.8. The molecule has 1 aromatic carbocycles. The van der Waals surface area contributed by atoms with Gasteiger partial charge in [0.05, 0.1) is 29.0 Å². The molecule has 1 aromatic heterocycles. The third-order valence-corrected chi connectivity index (χ3v) is 5.32. The Hall–Kier alpha value is -2.88. The van der Waals surface area contributed by atoms with Crippen LogP contribution in [-0.2, 0) is 31.4 Å². The van der Waals surface area contributed by atoms with Crippen LogP contribution in [0.2, 0.25) is 0 Å². The highest BCUT2D eigenvalue weighted by Gasteiger charge is 2.23. The Bertz CT molecular complexity index is 997. The first-order chi connectivity index (χ1) is 13.0. The predicted molar refractivity (Wildman–Crippen MR) is 106 cm³/mol. The standard InChI is InChI=1S/C18H24N4O5S/c1-12-8-6-7-9-15(12)22(28(5,25)26)10-17(24)27-11-16(23)19-18-13(2)20-21(4)14(18)3/h6-9H,10-11H2,1-5H3,(H,19,23). The second-order valence-corrected chi connectivity index (χ2v) is 8.34. The molecular weight excluding hydrogens is 384 g/mol. The maximum atomic E-state index is 12.2. The Labute approximate surface area is 164 Å². The average molecular weight is 408 g/mol. The molecule has 2 rings (SSSR count). The van der Waals surface area contributed by atoms with E-state index >= 15 is 0 Å². The summed E-state index contributed by atoms with van der Waals surface area (Å²) in [5.41, 5.74) is 3.04. The third kappa shape index (κ3) is 5.10. The van der Waals surface area contributed by atoms with Crippen molar-refractivity contribution in [1.29, 1.82) is 0 Å². The van der Waals surface area contributed by atoms with Crippen molar-refractivity contribution >= 4 is 33.3 Å². The van der Waals surface area contributed by atoms with Crippen LogP contribution in [0.4, 0.5) is 11.4 Å².